The van der Waals surface area contributed by atoms with Crippen molar-refractivity contribution in [3.8, 4) is 0 Å². The number of nitrogens with zero attached hydrogens (tertiary/aromatic N) is 2. The summed E-state index contributed by atoms with van der Waals surface area (Å²) < 4.78 is 5.13. The predicted molar refractivity (Wildman–Crippen MR) is 66.8 cm³/mol. The number of anilines is 1. The van der Waals surface area contributed by atoms with Gasteiger partial charge in [0.1, 0.15) is 12.2 Å². The second kappa shape index (κ2) is 4.10. The molecule has 0 spiro atoms. The lowest BCUT2D eigenvalue weighted by Crippen LogP contribution is -2.13. The fraction of sp³-hybridized carbons (Fsp3) is 0.154. The summed E-state index contributed by atoms with van der Waals surface area (Å²) in [6, 6.07) is 9.64. The summed E-state index contributed by atoms with van der Waals surface area (Å²) in [5.41, 5.74) is 2.80. The van der Waals surface area contributed by atoms with Crippen molar-refractivity contribution < 1.29 is 9.32 Å². The number of carbonyl (C=O) groups is 1. The molecular formula is C13H11N3O2. The van der Waals surface area contributed by atoms with Crippen LogP contribution in [0.1, 0.15) is 17.0 Å². The van der Waals surface area contributed by atoms with E-state index in [4.69, 9.17) is 4.52 Å². The molecule has 0 radical (unpaired) electrons. The van der Waals surface area contributed by atoms with Crippen molar-refractivity contribution in [3.63, 3.8) is 0 Å². The van der Waals surface area contributed by atoms with E-state index in [0.717, 1.165) is 5.56 Å². The van der Waals surface area contributed by atoms with Crippen LogP contribution in [0.5, 0.6) is 0 Å². The van der Waals surface area contributed by atoms with Crippen LogP contribution in [0.2, 0.25) is 0 Å². The minimum atomic E-state index is -0.159. The van der Waals surface area contributed by atoms with E-state index in [9.17, 15) is 4.79 Å². The molecule has 5 heteroatoms. The maximum atomic E-state index is 11.6. The molecule has 1 N–H and O–H groups in total. The Hall–Kier alpha value is -2.43. The topological polar surface area (TPSA) is 67.5 Å². The molecule has 3 rings (SSSR count). The van der Waals surface area contributed by atoms with Crippen LogP contribution < -0.4 is 5.32 Å². The zero-order valence-electron chi connectivity index (χ0n) is 9.80. The van der Waals surface area contributed by atoms with Gasteiger partial charge in [-0.05, 0) is 6.92 Å². The van der Waals surface area contributed by atoms with Gasteiger partial charge in [0, 0.05) is 5.56 Å². The Bertz CT molecular complexity index is 629. The lowest BCUT2D eigenvalue weighted by Gasteiger charge is -2.02. The Kier molecular flexibility index (Phi) is 2.44. The third-order valence-corrected chi connectivity index (χ3v) is 2.78. The molecule has 1 aromatic carbocycles. The van der Waals surface area contributed by atoms with E-state index in [-0.39, 0.29) is 12.5 Å². The standard InChI is InChI=1S/C13H11N3O2/c1-8-11-13(16-18-8)12(14-7-10(17)15-11)9-5-3-2-4-6-9/h2-6H,7H2,1H3,(H,15,17). The molecule has 1 aliphatic heterocycles. The van der Waals surface area contributed by atoms with Crippen LogP contribution in [0, 0.1) is 6.92 Å². The quantitative estimate of drug-likeness (QED) is 0.827. The first-order valence-corrected chi connectivity index (χ1v) is 5.62. The van der Waals surface area contributed by atoms with Crippen molar-refractivity contribution in [2.75, 3.05) is 11.9 Å². The van der Waals surface area contributed by atoms with Gasteiger partial charge in [0.05, 0.1) is 5.71 Å². The van der Waals surface area contributed by atoms with Crippen molar-refractivity contribution in [3.05, 3.63) is 47.3 Å². The monoisotopic (exact) mass is 241 g/mol. The summed E-state index contributed by atoms with van der Waals surface area (Å²) in [6.07, 6.45) is 0. The number of amides is 1. The van der Waals surface area contributed by atoms with Gasteiger partial charge in [-0.1, -0.05) is 35.5 Å². The van der Waals surface area contributed by atoms with Crippen LogP contribution >= 0.6 is 0 Å². The Balaban J connectivity index is 2.17. The van der Waals surface area contributed by atoms with Crippen LogP contribution in [0.3, 0.4) is 0 Å². The number of aryl methyl sites for hydroxylation is 1. The first-order valence-electron chi connectivity index (χ1n) is 5.62. The Labute approximate surface area is 104 Å². The maximum Gasteiger partial charge on any atom is 0.246 e. The van der Waals surface area contributed by atoms with E-state index in [0.29, 0.717) is 22.9 Å². The average molecular weight is 241 g/mol. The SMILES string of the molecule is Cc1onc2c1NC(=O)CN=C2c1ccccc1. The Morgan fingerprint density at radius 1 is 1.28 bits per heavy atom. The normalized spacial score (nSPS) is 14.5. The minimum Gasteiger partial charge on any atom is -0.359 e. The molecule has 0 unspecified atom stereocenters. The highest BCUT2D eigenvalue weighted by molar-refractivity contribution is 6.18. The fourth-order valence-corrected chi connectivity index (χ4v) is 1.91. The molecule has 0 saturated carbocycles. The average Bonchev–Trinajstić information content (AvgIpc) is 2.65. The van der Waals surface area contributed by atoms with E-state index < -0.39 is 0 Å². The maximum absolute atomic E-state index is 11.6. The number of nitrogens with one attached hydrogen (secondary N) is 1. The summed E-state index contributed by atoms with van der Waals surface area (Å²) in [7, 11) is 0. The first-order chi connectivity index (χ1) is 8.75. The second-order valence-corrected chi connectivity index (χ2v) is 4.04. The van der Waals surface area contributed by atoms with Crippen molar-refractivity contribution in [1.29, 1.82) is 0 Å². The third-order valence-electron chi connectivity index (χ3n) is 2.78. The molecule has 0 aliphatic carbocycles. The number of hydrogen-bond donors (Lipinski definition) is 1. The van der Waals surface area contributed by atoms with Crippen LogP contribution in [0.25, 0.3) is 0 Å². The van der Waals surface area contributed by atoms with Gasteiger partial charge >= 0.3 is 0 Å². The van der Waals surface area contributed by atoms with Crippen LogP contribution in [-0.2, 0) is 4.79 Å². The van der Waals surface area contributed by atoms with Gasteiger partial charge < -0.3 is 9.84 Å². The van der Waals surface area contributed by atoms with Gasteiger partial charge in [0.2, 0.25) is 5.91 Å². The molecule has 0 bridgehead atoms. The number of carbonyl (C=O) groups excluding carboxylic acids is 1. The van der Waals surface area contributed by atoms with Crippen LogP contribution in [0.15, 0.2) is 39.8 Å². The summed E-state index contributed by atoms with van der Waals surface area (Å²) in [6.45, 7) is 1.86. The van der Waals surface area contributed by atoms with Gasteiger partial charge in [-0.3, -0.25) is 9.79 Å². The van der Waals surface area contributed by atoms with Gasteiger partial charge in [-0.2, -0.15) is 0 Å². The van der Waals surface area contributed by atoms with E-state index in [1.807, 2.05) is 30.3 Å². The van der Waals surface area contributed by atoms with Gasteiger partial charge in [0.15, 0.2) is 11.5 Å². The van der Waals surface area contributed by atoms with Crippen molar-refractivity contribution in [1.82, 2.24) is 5.16 Å². The highest BCUT2D eigenvalue weighted by Gasteiger charge is 2.23. The van der Waals surface area contributed by atoms with E-state index in [1.54, 1.807) is 6.92 Å². The number of aromatic nitrogens is 1. The first kappa shape index (κ1) is 10.7. The zero-order valence-corrected chi connectivity index (χ0v) is 9.80. The second-order valence-electron chi connectivity index (χ2n) is 4.04. The molecular weight excluding hydrogens is 230 g/mol. The summed E-state index contributed by atoms with van der Waals surface area (Å²) in [5.74, 6) is 0.428. The summed E-state index contributed by atoms with van der Waals surface area (Å²) in [5, 5.41) is 6.75. The number of fused-ring (bicyclic) bond motifs is 1. The van der Waals surface area contributed by atoms with Crippen molar-refractivity contribution in [2.45, 2.75) is 6.92 Å². The van der Waals surface area contributed by atoms with Crippen molar-refractivity contribution in [2.24, 2.45) is 4.99 Å². The van der Waals surface area contributed by atoms with Gasteiger partial charge in [-0.15, -0.1) is 0 Å². The lowest BCUT2D eigenvalue weighted by atomic mass is 10.1. The number of rotatable bonds is 1. The van der Waals surface area contributed by atoms with Crippen LogP contribution in [0.4, 0.5) is 5.69 Å². The highest BCUT2D eigenvalue weighted by atomic mass is 16.5. The zero-order chi connectivity index (χ0) is 12.5. The van der Waals surface area contributed by atoms with E-state index in [1.165, 1.54) is 0 Å². The summed E-state index contributed by atoms with van der Waals surface area (Å²) in [4.78, 5) is 15.9. The Morgan fingerprint density at radius 2 is 2.06 bits per heavy atom. The molecule has 1 aliphatic rings. The summed E-state index contributed by atoms with van der Waals surface area (Å²) >= 11 is 0. The molecule has 5 nitrogen and oxygen atoms in total. The van der Waals surface area contributed by atoms with Gasteiger partial charge in [0.25, 0.3) is 0 Å². The number of hydrogen-bond acceptors (Lipinski definition) is 4. The molecule has 1 amide bonds. The molecule has 18 heavy (non-hydrogen) atoms. The largest absolute Gasteiger partial charge is 0.359 e. The fourth-order valence-electron chi connectivity index (χ4n) is 1.91. The molecule has 0 atom stereocenters. The third kappa shape index (κ3) is 1.69. The number of benzene rings is 1. The van der Waals surface area contributed by atoms with Crippen molar-refractivity contribution >= 4 is 17.3 Å². The molecule has 0 fully saturated rings. The molecule has 2 aromatic rings. The smallest absolute Gasteiger partial charge is 0.246 e. The van der Waals surface area contributed by atoms with E-state index in [2.05, 4.69) is 15.5 Å². The predicted octanol–water partition coefficient (Wildman–Crippen LogP) is 1.77. The number of aliphatic imine (C=N–C) groups is 1. The van der Waals surface area contributed by atoms with Crippen LogP contribution in [-0.4, -0.2) is 23.3 Å². The molecule has 1 aromatic heterocycles. The molecule has 0 saturated heterocycles. The minimum absolute atomic E-state index is 0.0972. The van der Waals surface area contributed by atoms with Gasteiger partial charge in [-0.25, -0.2) is 0 Å². The Morgan fingerprint density at radius 3 is 2.83 bits per heavy atom. The highest BCUT2D eigenvalue weighted by Crippen LogP contribution is 2.25. The lowest BCUT2D eigenvalue weighted by molar-refractivity contribution is -0.114. The van der Waals surface area contributed by atoms with E-state index >= 15 is 0 Å². The molecule has 2 heterocycles. The molecule has 90 valence electrons.